The third-order valence-electron chi connectivity index (χ3n) is 6.43. The Balaban J connectivity index is 1.76. The molecule has 0 amide bonds. The first-order valence-electron chi connectivity index (χ1n) is 10.7. The molecular formula is C29H17BrN2. The number of benzene rings is 5. The molecule has 0 fully saturated rings. The normalized spacial score (nSPS) is 11.9. The van der Waals surface area contributed by atoms with Crippen LogP contribution in [0.3, 0.4) is 0 Å². The fourth-order valence-electron chi connectivity index (χ4n) is 4.99. The Morgan fingerprint density at radius 1 is 0.562 bits per heavy atom. The number of hydrogen-bond donors (Lipinski definition) is 1. The monoisotopic (exact) mass is 472 g/mol. The summed E-state index contributed by atoms with van der Waals surface area (Å²) >= 11 is 3.67. The van der Waals surface area contributed by atoms with E-state index in [0.29, 0.717) is 0 Å². The van der Waals surface area contributed by atoms with Crippen LogP contribution in [0.2, 0.25) is 0 Å². The third kappa shape index (κ3) is 2.49. The summed E-state index contributed by atoms with van der Waals surface area (Å²) in [5.41, 5.74) is 6.64. The fourth-order valence-corrected chi connectivity index (χ4v) is 5.39. The minimum absolute atomic E-state index is 1.02. The molecule has 2 aromatic heterocycles. The second kappa shape index (κ2) is 6.65. The van der Waals surface area contributed by atoms with Crippen molar-refractivity contribution < 1.29 is 0 Å². The summed E-state index contributed by atoms with van der Waals surface area (Å²) < 4.78 is 1.07. The van der Waals surface area contributed by atoms with E-state index in [1.807, 2.05) is 0 Å². The first-order valence-corrected chi connectivity index (χ1v) is 11.5. The van der Waals surface area contributed by atoms with Gasteiger partial charge in [-0.3, -0.25) is 0 Å². The predicted molar refractivity (Wildman–Crippen MR) is 139 cm³/mol. The number of aromatic nitrogens is 2. The summed E-state index contributed by atoms with van der Waals surface area (Å²) in [6, 6.07) is 34.4. The average molecular weight is 473 g/mol. The van der Waals surface area contributed by atoms with Crippen LogP contribution in [0.25, 0.3) is 65.5 Å². The van der Waals surface area contributed by atoms with Crippen molar-refractivity contribution in [2.75, 3.05) is 0 Å². The smallest absolute Gasteiger partial charge is 0.0972 e. The van der Waals surface area contributed by atoms with Crippen LogP contribution in [-0.4, -0.2) is 9.97 Å². The highest BCUT2D eigenvalue weighted by Crippen LogP contribution is 2.41. The highest BCUT2D eigenvalue weighted by molar-refractivity contribution is 9.10. The van der Waals surface area contributed by atoms with E-state index in [9.17, 15) is 0 Å². The molecule has 5 aromatic carbocycles. The number of fused-ring (bicyclic) bond motifs is 8. The van der Waals surface area contributed by atoms with Crippen molar-refractivity contribution in [3.63, 3.8) is 0 Å². The van der Waals surface area contributed by atoms with E-state index in [1.165, 1.54) is 32.7 Å². The first kappa shape index (κ1) is 17.9. The van der Waals surface area contributed by atoms with E-state index >= 15 is 0 Å². The predicted octanol–water partition coefficient (Wildman–Crippen LogP) is 8.61. The lowest BCUT2D eigenvalue weighted by Gasteiger charge is -2.11. The van der Waals surface area contributed by atoms with Gasteiger partial charge in [-0.2, -0.15) is 0 Å². The maximum absolute atomic E-state index is 5.27. The number of pyridine rings is 1. The minimum atomic E-state index is 1.02. The van der Waals surface area contributed by atoms with Crippen molar-refractivity contribution in [1.82, 2.24) is 9.97 Å². The molecular weight excluding hydrogens is 456 g/mol. The molecule has 0 unspecified atom stereocenters. The molecule has 0 radical (unpaired) electrons. The number of nitrogens with one attached hydrogen (secondary N) is 1. The van der Waals surface area contributed by atoms with Crippen LogP contribution in [0.5, 0.6) is 0 Å². The van der Waals surface area contributed by atoms with Crippen LogP contribution in [0.4, 0.5) is 0 Å². The Labute approximate surface area is 192 Å². The number of nitrogens with zero attached hydrogens (tertiary/aromatic N) is 1. The third-order valence-corrected chi connectivity index (χ3v) is 6.92. The number of hydrogen-bond acceptors (Lipinski definition) is 1. The van der Waals surface area contributed by atoms with E-state index in [-0.39, 0.29) is 0 Å². The van der Waals surface area contributed by atoms with E-state index in [1.54, 1.807) is 0 Å². The minimum Gasteiger partial charge on any atom is -0.352 e. The van der Waals surface area contributed by atoms with Crippen molar-refractivity contribution in [3.05, 3.63) is 102 Å². The van der Waals surface area contributed by atoms with Crippen LogP contribution in [0.1, 0.15) is 0 Å². The average Bonchev–Trinajstić information content (AvgIpc) is 3.21. The Kier molecular flexibility index (Phi) is 3.73. The zero-order valence-corrected chi connectivity index (χ0v) is 18.6. The summed E-state index contributed by atoms with van der Waals surface area (Å²) in [5.74, 6) is 0. The topological polar surface area (TPSA) is 28.7 Å². The van der Waals surface area contributed by atoms with Gasteiger partial charge in [0.1, 0.15) is 0 Å². The molecule has 2 heterocycles. The molecule has 0 atom stereocenters. The van der Waals surface area contributed by atoms with Gasteiger partial charge in [0, 0.05) is 31.6 Å². The van der Waals surface area contributed by atoms with Gasteiger partial charge in [-0.25, -0.2) is 4.98 Å². The summed E-state index contributed by atoms with van der Waals surface area (Å²) in [4.78, 5) is 9.04. The summed E-state index contributed by atoms with van der Waals surface area (Å²) in [7, 11) is 0. The van der Waals surface area contributed by atoms with Gasteiger partial charge >= 0.3 is 0 Å². The van der Waals surface area contributed by atoms with Gasteiger partial charge in [0.2, 0.25) is 0 Å². The maximum Gasteiger partial charge on any atom is 0.0972 e. The molecule has 1 N–H and O–H groups in total. The summed E-state index contributed by atoms with van der Waals surface area (Å²) in [5, 5.41) is 7.15. The second-order valence-electron chi connectivity index (χ2n) is 8.24. The van der Waals surface area contributed by atoms with Crippen molar-refractivity contribution >= 4 is 70.3 Å². The Morgan fingerprint density at radius 2 is 1.28 bits per heavy atom. The molecule has 0 spiro atoms. The molecule has 7 rings (SSSR count). The summed E-state index contributed by atoms with van der Waals surface area (Å²) in [6.07, 6.45) is 0. The van der Waals surface area contributed by atoms with Gasteiger partial charge < -0.3 is 4.98 Å². The molecule has 0 aliphatic carbocycles. The van der Waals surface area contributed by atoms with Gasteiger partial charge in [-0.1, -0.05) is 94.8 Å². The lowest BCUT2D eigenvalue weighted by Crippen LogP contribution is -1.89. The van der Waals surface area contributed by atoms with Crippen LogP contribution in [-0.2, 0) is 0 Å². The number of rotatable bonds is 1. The fraction of sp³-hybridized carbons (Fsp3) is 0. The molecule has 0 saturated carbocycles. The molecule has 0 aliphatic rings. The number of H-pyrrole nitrogens is 1. The lowest BCUT2D eigenvalue weighted by molar-refractivity contribution is 1.50. The van der Waals surface area contributed by atoms with Crippen LogP contribution >= 0.6 is 15.9 Å². The van der Waals surface area contributed by atoms with Crippen molar-refractivity contribution in [1.29, 1.82) is 0 Å². The molecule has 3 heteroatoms. The molecule has 150 valence electrons. The molecule has 32 heavy (non-hydrogen) atoms. The Hall–Kier alpha value is -3.69. The van der Waals surface area contributed by atoms with Crippen molar-refractivity contribution in [3.8, 4) is 11.1 Å². The SMILES string of the molecule is Brc1cccc(-c2c3ccc4ccccc4c3nc3c2[nH]c2c4ccccc4ccc32)c1. The van der Waals surface area contributed by atoms with Crippen LogP contribution in [0, 0.1) is 0 Å². The maximum atomic E-state index is 5.27. The zero-order chi connectivity index (χ0) is 21.2. The van der Waals surface area contributed by atoms with Gasteiger partial charge in [-0.15, -0.1) is 0 Å². The van der Waals surface area contributed by atoms with Crippen LogP contribution in [0.15, 0.2) is 102 Å². The molecule has 0 bridgehead atoms. The molecule has 0 saturated heterocycles. The van der Waals surface area contributed by atoms with Gasteiger partial charge in [0.25, 0.3) is 0 Å². The number of aromatic amines is 1. The van der Waals surface area contributed by atoms with E-state index < -0.39 is 0 Å². The quantitative estimate of drug-likeness (QED) is 0.238. The van der Waals surface area contributed by atoms with E-state index in [2.05, 4.69) is 118 Å². The zero-order valence-electron chi connectivity index (χ0n) is 17.1. The van der Waals surface area contributed by atoms with E-state index in [4.69, 9.17) is 4.98 Å². The Morgan fingerprint density at radius 3 is 2.09 bits per heavy atom. The van der Waals surface area contributed by atoms with Crippen molar-refractivity contribution in [2.45, 2.75) is 0 Å². The van der Waals surface area contributed by atoms with Gasteiger partial charge in [0.15, 0.2) is 0 Å². The van der Waals surface area contributed by atoms with E-state index in [0.717, 1.165) is 37.3 Å². The Bertz CT molecular complexity index is 1850. The standard InChI is InChI=1S/C29H17BrN2/c30-20-9-5-8-19(16-20)25-23-14-12-17-6-1-3-10-21(17)26(23)31-28-24-15-13-18-7-2-4-11-22(18)27(24)32-29(25)28/h1-16,32H. The molecule has 0 aliphatic heterocycles. The summed E-state index contributed by atoms with van der Waals surface area (Å²) in [6.45, 7) is 0. The highest BCUT2D eigenvalue weighted by Gasteiger charge is 2.18. The van der Waals surface area contributed by atoms with Gasteiger partial charge in [0.05, 0.1) is 22.1 Å². The van der Waals surface area contributed by atoms with Crippen LogP contribution < -0.4 is 0 Å². The molecule has 2 nitrogen and oxygen atoms in total. The number of halogens is 1. The van der Waals surface area contributed by atoms with Gasteiger partial charge in [-0.05, 0) is 34.5 Å². The molecule has 7 aromatic rings. The first-order chi connectivity index (χ1) is 15.8. The lowest BCUT2D eigenvalue weighted by atomic mass is 9.96. The van der Waals surface area contributed by atoms with Crippen molar-refractivity contribution in [2.24, 2.45) is 0 Å². The highest BCUT2D eigenvalue weighted by atomic mass is 79.9. The largest absolute Gasteiger partial charge is 0.352 e. The second-order valence-corrected chi connectivity index (χ2v) is 9.15.